The van der Waals surface area contributed by atoms with E-state index in [1.165, 1.54) is 15.6 Å². The Kier molecular flexibility index (Phi) is 2.57. The van der Waals surface area contributed by atoms with Crippen molar-refractivity contribution in [3.8, 4) is 0 Å². The fourth-order valence-corrected chi connectivity index (χ4v) is 2.70. The third kappa shape index (κ3) is 1.92. The topological polar surface area (TPSA) is 26.0 Å². The summed E-state index contributed by atoms with van der Waals surface area (Å²) in [6.45, 7) is 6.55. The van der Waals surface area contributed by atoms with Crippen molar-refractivity contribution >= 4 is 21.4 Å². The molecule has 1 nitrogen and oxygen atoms in total. The molecule has 0 unspecified atom stereocenters. The molecule has 0 radical (unpaired) electrons. The third-order valence-electron chi connectivity index (χ3n) is 2.78. The van der Waals surface area contributed by atoms with Gasteiger partial charge in [-0.15, -0.1) is 11.3 Å². The van der Waals surface area contributed by atoms with Crippen molar-refractivity contribution < 1.29 is 0 Å². The van der Waals surface area contributed by atoms with Gasteiger partial charge < -0.3 is 5.73 Å². The highest BCUT2D eigenvalue weighted by molar-refractivity contribution is 7.17. The van der Waals surface area contributed by atoms with Gasteiger partial charge in [0.2, 0.25) is 0 Å². The van der Waals surface area contributed by atoms with E-state index in [0.29, 0.717) is 0 Å². The lowest BCUT2D eigenvalue weighted by molar-refractivity contribution is 0.329. The second-order valence-electron chi connectivity index (χ2n) is 5.03. The Balaban J connectivity index is 2.53. The molecular weight excluding hydrogens is 202 g/mol. The summed E-state index contributed by atoms with van der Waals surface area (Å²) in [5, 5.41) is 3.51. The summed E-state index contributed by atoms with van der Waals surface area (Å²) in [7, 11) is 0. The molecule has 0 saturated heterocycles. The lowest BCUT2D eigenvalue weighted by Gasteiger charge is -2.26. The number of benzene rings is 1. The van der Waals surface area contributed by atoms with Gasteiger partial charge in [0.25, 0.3) is 0 Å². The van der Waals surface area contributed by atoms with E-state index in [1.807, 2.05) is 0 Å². The number of hydrogen-bond donors (Lipinski definition) is 1. The zero-order valence-electron chi connectivity index (χ0n) is 9.45. The molecule has 0 spiro atoms. The van der Waals surface area contributed by atoms with Gasteiger partial charge in [-0.3, -0.25) is 0 Å². The summed E-state index contributed by atoms with van der Waals surface area (Å²) in [6, 6.07) is 8.57. The monoisotopic (exact) mass is 219 g/mol. The summed E-state index contributed by atoms with van der Waals surface area (Å²) in [5.74, 6) is 0. The van der Waals surface area contributed by atoms with E-state index in [2.05, 4.69) is 50.4 Å². The number of hydrogen-bond acceptors (Lipinski definition) is 2. The number of fused-ring (bicyclic) bond motifs is 1. The molecule has 2 aromatic rings. The normalized spacial score (nSPS) is 14.4. The van der Waals surface area contributed by atoms with E-state index >= 15 is 0 Å². The summed E-state index contributed by atoms with van der Waals surface area (Å²) in [4.78, 5) is 0. The summed E-state index contributed by atoms with van der Waals surface area (Å²) in [5.41, 5.74) is 7.68. The lowest BCUT2D eigenvalue weighted by atomic mass is 9.83. The first-order valence-corrected chi connectivity index (χ1v) is 6.10. The molecule has 0 bridgehead atoms. The molecule has 2 N–H and O–H groups in total. The van der Waals surface area contributed by atoms with E-state index in [0.717, 1.165) is 0 Å². The molecule has 0 fully saturated rings. The van der Waals surface area contributed by atoms with Crippen molar-refractivity contribution in [1.82, 2.24) is 0 Å². The average Bonchev–Trinajstić information content (AvgIpc) is 2.58. The molecule has 0 amide bonds. The molecule has 1 aromatic carbocycles. The van der Waals surface area contributed by atoms with Crippen molar-refractivity contribution in [1.29, 1.82) is 0 Å². The zero-order chi connectivity index (χ0) is 11.1. The van der Waals surface area contributed by atoms with Crippen LogP contribution in [0.3, 0.4) is 0 Å². The third-order valence-corrected chi connectivity index (χ3v) is 3.76. The molecule has 1 atom stereocenters. The van der Waals surface area contributed by atoms with Crippen LogP contribution in [0.4, 0.5) is 0 Å². The van der Waals surface area contributed by atoms with Crippen LogP contribution in [-0.2, 0) is 0 Å². The van der Waals surface area contributed by atoms with Gasteiger partial charge in [0.1, 0.15) is 0 Å². The molecule has 0 saturated carbocycles. The highest BCUT2D eigenvalue weighted by Crippen LogP contribution is 2.37. The van der Waals surface area contributed by atoms with Gasteiger partial charge in [0, 0.05) is 10.7 Å². The van der Waals surface area contributed by atoms with E-state index < -0.39 is 0 Å². The van der Waals surface area contributed by atoms with Crippen LogP contribution in [0.25, 0.3) is 10.1 Å². The van der Waals surface area contributed by atoms with Crippen LogP contribution in [0, 0.1) is 5.41 Å². The quantitative estimate of drug-likeness (QED) is 0.772. The first-order chi connectivity index (χ1) is 7.00. The Labute approximate surface area is 94.9 Å². The second kappa shape index (κ2) is 3.62. The summed E-state index contributed by atoms with van der Waals surface area (Å²) in [6.07, 6.45) is 0. The molecule has 2 rings (SSSR count). The van der Waals surface area contributed by atoms with Crippen LogP contribution in [0.5, 0.6) is 0 Å². The van der Waals surface area contributed by atoms with E-state index in [9.17, 15) is 0 Å². The molecule has 1 heterocycles. The molecule has 2 heteroatoms. The van der Waals surface area contributed by atoms with Crippen molar-refractivity contribution in [2.75, 3.05) is 0 Å². The minimum absolute atomic E-state index is 0.105. The Morgan fingerprint density at radius 2 is 1.87 bits per heavy atom. The maximum atomic E-state index is 6.29. The van der Waals surface area contributed by atoms with Gasteiger partial charge in [-0.05, 0) is 27.8 Å². The molecule has 15 heavy (non-hydrogen) atoms. The summed E-state index contributed by atoms with van der Waals surface area (Å²) < 4.78 is 1.33. The van der Waals surface area contributed by atoms with Gasteiger partial charge in [0.15, 0.2) is 0 Å². The predicted molar refractivity (Wildman–Crippen MR) is 68.2 cm³/mol. The van der Waals surface area contributed by atoms with Gasteiger partial charge >= 0.3 is 0 Å². The van der Waals surface area contributed by atoms with Crippen molar-refractivity contribution in [2.45, 2.75) is 26.8 Å². The maximum absolute atomic E-state index is 6.29. The summed E-state index contributed by atoms with van der Waals surface area (Å²) >= 11 is 1.78. The van der Waals surface area contributed by atoms with Gasteiger partial charge in [-0.1, -0.05) is 39.0 Å². The van der Waals surface area contributed by atoms with Gasteiger partial charge in [0.05, 0.1) is 0 Å². The maximum Gasteiger partial charge on any atom is 0.0358 e. The van der Waals surface area contributed by atoms with Crippen LogP contribution in [0.2, 0.25) is 0 Å². The molecular formula is C13H17NS. The van der Waals surface area contributed by atoms with E-state index in [-0.39, 0.29) is 11.5 Å². The van der Waals surface area contributed by atoms with E-state index in [4.69, 9.17) is 5.73 Å². The molecule has 0 aliphatic carbocycles. The molecule has 80 valence electrons. The minimum atomic E-state index is 0.105. The minimum Gasteiger partial charge on any atom is -0.323 e. The second-order valence-corrected chi connectivity index (χ2v) is 5.94. The number of rotatable bonds is 1. The largest absolute Gasteiger partial charge is 0.323 e. The van der Waals surface area contributed by atoms with Crippen molar-refractivity contribution in [3.63, 3.8) is 0 Å². The Morgan fingerprint density at radius 1 is 1.20 bits per heavy atom. The molecule has 0 aliphatic heterocycles. The van der Waals surface area contributed by atoms with Crippen LogP contribution in [0.1, 0.15) is 32.4 Å². The average molecular weight is 219 g/mol. The van der Waals surface area contributed by atoms with Gasteiger partial charge in [-0.25, -0.2) is 0 Å². The fraction of sp³-hybridized carbons (Fsp3) is 0.385. The first kappa shape index (κ1) is 10.7. The first-order valence-electron chi connectivity index (χ1n) is 5.22. The van der Waals surface area contributed by atoms with Crippen LogP contribution >= 0.6 is 11.3 Å². The van der Waals surface area contributed by atoms with Crippen molar-refractivity contribution in [3.05, 3.63) is 35.2 Å². The van der Waals surface area contributed by atoms with Crippen LogP contribution < -0.4 is 5.73 Å². The Hall–Kier alpha value is -0.860. The van der Waals surface area contributed by atoms with Crippen LogP contribution in [0.15, 0.2) is 29.6 Å². The van der Waals surface area contributed by atoms with Crippen molar-refractivity contribution in [2.24, 2.45) is 11.1 Å². The highest BCUT2D eigenvalue weighted by atomic mass is 32.1. The fourth-order valence-electron chi connectivity index (χ4n) is 1.71. The molecule has 0 aliphatic rings. The van der Waals surface area contributed by atoms with E-state index in [1.54, 1.807) is 11.3 Å². The lowest BCUT2D eigenvalue weighted by Crippen LogP contribution is -2.25. The number of nitrogens with two attached hydrogens (primary N) is 1. The van der Waals surface area contributed by atoms with Crippen LogP contribution in [-0.4, -0.2) is 0 Å². The predicted octanol–water partition coefficient (Wildman–Crippen LogP) is 3.95. The highest BCUT2D eigenvalue weighted by Gasteiger charge is 2.24. The Morgan fingerprint density at radius 3 is 2.53 bits per heavy atom. The SMILES string of the molecule is CC(C)(C)[C@@H](N)c1csc2ccccc12. The smallest absolute Gasteiger partial charge is 0.0358 e. The number of thiophene rings is 1. The zero-order valence-corrected chi connectivity index (χ0v) is 10.3. The Bertz CT molecular complexity index is 465. The standard InChI is InChI=1S/C13H17NS/c1-13(2,3)12(14)10-8-15-11-7-5-4-6-9(10)11/h4-8,12H,14H2,1-3H3/t12-/m0/s1. The molecule has 1 aromatic heterocycles. The van der Waals surface area contributed by atoms with Gasteiger partial charge in [-0.2, -0.15) is 0 Å².